The number of ether oxygens (including phenoxy) is 2. The van der Waals surface area contributed by atoms with E-state index in [9.17, 15) is 19.8 Å². The molecule has 0 heterocycles. The van der Waals surface area contributed by atoms with E-state index in [0.717, 1.165) is 11.6 Å². The van der Waals surface area contributed by atoms with E-state index in [0.29, 0.717) is 29.4 Å². The number of ketones is 1. The maximum Gasteiger partial charge on any atom is 0.262 e. The summed E-state index contributed by atoms with van der Waals surface area (Å²) in [6, 6.07) is 16.3. The number of nitrogens with one attached hydrogen (secondary N) is 1. The standard InChI is InChI=1S/C26H25NO6/c1-3-32-25-14-18(6-12-22(29)21-11-10-20(28)15-23(21)30)7-13-24(25)33-16-26(31)27-19-8-4-17(2)5-9-19/h4-15,28,30H,3,16H2,1-2H3,(H,27,31)/b12-6+. The highest BCUT2D eigenvalue weighted by Crippen LogP contribution is 2.29. The van der Waals surface area contributed by atoms with E-state index in [4.69, 9.17) is 9.47 Å². The second kappa shape index (κ2) is 10.9. The normalized spacial score (nSPS) is 10.7. The lowest BCUT2D eigenvalue weighted by molar-refractivity contribution is -0.118. The van der Waals surface area contributed by atoms with Gasteiger partial charge in [-0.2, -0.15) is 0 Å². The van der Waals surface area contributed by atoms with Gasteiger partial charge in [-0.05, 0) is 61.9 Å². The van der Waals surface area contributed by atoms with Crippen LogP contribution in [0.15, 0.2) is 66.7 Å². The molecule has 0 aromatic heterocycles. The van der Waals surface area contributed by atoms with E-state index in [1.807, 2.05) is 38.1 Å². The lowest BCUT2D eigenvalue weighted by Crippen LogP contribution is -2.20. The van der Waals surface area contributed by atoms with Crippen LogP contribution in [0.25, 0.3) is 6.08 Å². The van der Waals surface area contributed by atoms with Crippen LogP contribution >= 0.6 is 0 Å². The highest BCUT2D eigenvalue weighted by molar-refractivity contribution is 6.08. The molecule has 0 saturated carbocycles. The number of benzene rings is 3. The third kappa shape index (κ3) is 6.61. The Kier molecular flexibility index (Phi) is 7.70. The molecule has 0 unspecified atom stereocenters. The number of amides is 1. The van der Waals surface area contributed by atoms with Gasteiger partial charge < -0.3 is 25.0 Å². The smallest absolute Gasteiger partial charge is 0.262 e. The molecule has 0 radical (unpaired) electrons. The van der Waals surface area contributed by atoms with Crippen molar-refractivity contribution in [2.24, 2.45) is 0 Å². The Morgan fingerprint density at radius 2 is 1.70 bits per heavy atom. The molecule has 0 saturated heterocycles. The third-order valence-corrected chi connectivity index (χ3v) is 4.64. The maximum atomic E-state index is 12.3. The Morgan fingerprint density at radius 1 is 0.939 bits per heavy atom. The molecular formula is C26H25NO6. The number of aryl methyl sites for hydroxylation is 1. The zero-order chi connectivity index (χ0) is 23.8. The first-order chi connectivity index (χ1) is 15.9. The molecule has 3 rings (SSSR count). The summed E-state index contributed by atoms with van der Waals surface area (Å²) in [4.78, 5) is 24.6. The number of phenols is 2. The molecule has 0 aliphatic rings. The van der Waals surface area contributed by atoms with Crippen LogP contribution in [0.5, 0.6) is 23.0 Å². The summed E-state index contributed by atoms with van der Waals surface area (Å²) in [5.74, 6) is -0.314. The van der Waals surface area contributed by atoms with Crippen molar-refractivity contribution in [2.45, 2.75) is 13.8 Å². The van der Waals surface area contributed by atoms with Crippen molar-refractivity contribution >= 4 is 23.5 Å². The average Bonchev–Trinajstić information content (AvgIpc) is 2.78. The molecule has 0 bridgehead atoms. The summed E-state index contributed by atoms with van der Waals surface area (Å²) in [5.41, 5.74) is 2.53. The van der Waals surface area contributed by atoms with Gasteiger partial charge in [0.2, 0.25) is 0 Å². The minimum atomic E-state index is -0.418. The molecule has 3 N–H and O–H groups in total. The Balaban J connectivity index is 1.66. The van der Waals surface area contributed by atoms with Gasteiger partial charge in [-0.15, -0.1) is 0 Å². The molecule has 170 valence electrons. The van der Waals surface area contributed by atoms with E-state index in [1.54, 1.807) is 24.3 Å². The molecule has 0 atom stereocenters. The van der Waals surface area contributed by atoms with Crippen molar-refractivity contribution in [3.63, 3.8) is 0 Å². The van der Waals surface area contributed by atoms with Gasteiger partial charge in [0, 0.05) is 11.8 Å². The Morgan fingerprint density at radius 3 is 2.39 bits per heavy atom. The zero-order valence-electron chi connectivity index (χ0n) is 18.4. The van der Waals surface area contributed by atoms with Gasteiger partial charge >= 0.3 is 0 Å². The zero-order valence-corrected chi connectivity index (χ0v) is 18.4. The van der Waals surface area contributed by atoms with Crippen molar-refractivity contribution in [2.75, 3.05) is 18.5 Å². The highest BCUT2D eigenvalue weighted by Gasteiger charge is 2.11. The minimum Gasteiger partial charge on any atom is -0.508 e. The Labute approximate surface area is 191 Å². The number of carbonyl (C=O) groups excluding carboxylic acids is 2. The van der Waals surface area contributed by atoms with E-state index in [2.05, 4.69) is 5.32 Å². The quantitative estimate of drug-likeness (QED) is 0.324. The number of hydrogen-bond acceptors (Lipinski definition) is 6. The lowest BCUT2D eigenvalue weighted by atomic mass is 10.1. The fourth-order valence-corrected chi connectivity index (χ4v) is 2.98. The van der Waals surface area contributed by atoms with Gasteiger partial charge in [0.15, 0.2) is 23.9 Å². The summed E-state index contributed by atoms with van der Waals surface area (Å²) in [6.45, 7) is 3.99. The Bertz CT molecular complexity index is 1170. The van der Waals surface area contributed by atoms with Gasteiger partial charge in [0.1, 0.15) is 11.5 Å². The second-order valence-corrected chi connectivity index (χ2v) is 7.24. The molecule has 3 aromatic rings. The number of aromatic hydroxyl groups is 2. The first-order valence-corrected chi connectivity index (χ1v) is 10.4. The molecule has 0 fully saturated rings. The summed E-state index contributed by atoms with van der Waals surface area (Å²) in [6.07, 6.45) is 2.89. The van der Waals surface area contributed by atoms with Crippen molar-refractivity contribution in [3.8, 4) is 23.0 Å². The molecular weight excluding hydrogens is 422 g/mol. The molecule has 7 nitrogen and oxygen atoms in total. The van der Waals surface area contributed by atoms with Crippen molar-refractivity contribution in [3.05, 3.63) is 83.4 Å². The second-order valence-electron chi connectivity index (χ2n) is 7.24. The predicted molar refractivity (Wildman–Crippen MR) is 126 cm³/mol. The number of phenolic OH excluding ortho intramolecular Hbond substituents is 2. The number of carbonyl (C=O) groups is 2. The van der Waals surface area contributed by atoms with Crippen molar-refractivity contribution in [1.82, 2.24) is 0 Å². The fraction of sp³-hybridized carbons (Fsp3) is 0.154. The predicted octanol–water partition coefficient (Wildman–Crippen LogP) is 4.72. The molecule has 1 amide bonds. The molecule has 3 aromatic carbocycles. The van der Waals surface area contributed by atoms with Gasteiger partial charge in [-0.1, -0.05) is 29.8 Å². The number of hydrogen-bond donors (Lipinski definition) is 3. The van der Waals surface area contributed by atoms with Gasteiger partial charge in [-0.3, -0.25) is 9.59 Å². The van der Waals surface area contributed by atoms with E-state index < -0.39 is 5.78 Å². The molecule has 0 aliphatic carbocycles. The summed E-state index contributed by atoms with van der Waals surface area (Å²) < 4.78 is 11.3. The van der Waals surface area contributed by atoms with Crippen LogP contribution in [-0.4, -0.2) is 35.1 Å². The van der Waals surface area contributed by atoms with E-state index in [1.165, 1.54) is 18.2 Å². The Hall–Kier alpha value is -4.26. The van der Waals surface area contributed by atoms with Crippen LogP contribution in [-0.2, 0) is 4.79 Å². The third-order valence-electron chi connectivity index (χ3n) is 4.64. The molecule has 0 aliphatic heterocycles. The minimum absolute atomic E-state index is 0.0774. The lowest BCUT2D eigenvalue weighted by Gasteiger charge is -2.13. The van der Waals surface area contributed by atoms with Crippen LogP contribution < -0.4 is 14.8 Å². The number of allylic oxidation sites excluding steroid dienone is 1. The summed E-state index contributed by atoms with van der Waals surface area (Å²) in [5, 5.41) is 22.0. The van der Waals surface area contributed by atoms with Gasteiger partial charge in [-0.25, -0.2) is 0 Å². The monoisotopic (exact) mass is 447 g/mol. The fourth-order valence-electron chi connectivity index (χ4n) is 2.98. The van der Waals surface area contributed by atoms with Crippen molar-refractivity contribution in [1.29, 1.82) is 0 Å². The van der Waals surface area contributed by atoms with E-state index >= 15 is 0 Å². The average molecular weight is 447 g/mol. The largest absolute Gasteiger partial charge is 0.508 e. The highest BCUT2D eigenvalue weighted by atomic mass is 16.5. The van der Waals surface area contributed by atoms with Crippen molar-refractivity contribution < 1.29 is 29.3 Å². The van der Waals surface area contributed by atoms with Gasteiger partial charge in [0.25, 0.3) is 5.91 Å². The summed E-state index contributed by atoms with van der Waals surface area (Å²) >= 11 is 0. The molecule has 7 heteroatoms. The topological polar surface area (TPSA) is 105 Å². The molecule has 0 spiro atoms. The SMILES string of the molecule is CCOc1cc(/C=C/C(=O)c2ccc(O)cc2O)ccc1OCC(=O)Nc1ccc(C)cc1. The van der Waals surface area contributed by atoms with E-state index in [-0.39, 0.29) is 29.6 Å². The number of anilines is 1. The summed E-state index contributed by atoms with van der Waals surface area (Å²) in [7, 11) is 0. The maximum absolute atomic E-state index is 12.3. The van der Waals surface area contributed by atoms with Crippen LogP contribution in [0.1, 0.15) is 28.4 Å². The number of rotatable bonds is 9. The van der Waals surface area contributed by atoms with Gasteiger partial charge in [0.05, 0.1) is 12.2 Å². The first kappa shape index (κ1) is 23.4. The van der Waals surface area contributed by atoms with Crippen LogP contribution in [0, 0.1) is 6.92 Å². The first-order valence-electron chi connectivity index (χ1n) is 10.4. The molecule has 33 heavy (non-hydrogen) atoms. The van der Waals surface area contributed by atoms with Crippen LogP contribution in [0.2, 0.25) is 0 Å². The van der Waals surface area contributed by atoms with Crippen LogP contribution in [0.3, 0.4) is 0 Å². The van der Waals surface area contributed by atoms with Crippen LogP contribution in [0.4, 0.5) is 5.69 Å².